The first kappa shape index (κ1) is 30.2. The van der Waals surface area contributed by atoms with Gasteiger partial charge in [0.1, 0.15) is 5.25 Å². The third-order valence-corrected chi connectivity index (χ3v) is 6.40. The van der Waals surface area contributed by atoms with Gasteiger partial charge in [0, 0.05) is 24.3 Å². The van der Waals surface area contributed by atoms with Crippen LogP contribution in [0, 0.1) is 12.8 Å². The summed E-state index contributed by atoms with van der Waals surface area (Å²) in [5.74, 6) is -1.45. The number of hydrogen-bond donors (Lipinski definition) is 2. The molecule has 0 rings (SSSR count). The third kappa shape index (κ3) is 19.6. The van der Waals surface area contributed by atoms with Crippen molar-refractivity contribution in [3.8, 4) is 0 Å². The lowest BCUT2D eigenvalue weighted by Crippen LogP contribution is -2.36. The Morgan fingerprint density at radius 2 is 1.42 bits per heavy atom. The topological polar surface area (TPSA) is 75.6 Å². The van der Waals surface area contributed by atoms with Gasteiger partial charge < -0.3 is 15.2 Å². The zero-order valence-corrected chi connectivity index (χ0v) is 21.0. The molecule has 0 spiro atoms. The molecule has 0 heterocycles. The van der Waals surface area contributed by atoms with Crippen LogP contribution in [0.5, 0.6) is 0 Å². The molecule has 0 saturated carbocycles. The van der Waals surface area contributed by atoms with Crippen LogP contribution in [0.15, 0.2) is 0 Å². The average molecular weight is 458 g/mol. The lowest BCUT2D eigenvalue weighted by atomic mass is 10.0. The van der Waals surface area contributed by atoms with E-state index in [4.69, 9.17) is 11.7 Å². The maximum absolute atomic E-state index is 11.9. The van der Waals surface area contributed by atoms with Gasteiger partial charge in [-0.3, -0.25) is 9.59 Å². The molecule has 2 N–H and O–H groups in total. The Kier molecular flexibility index (Phi) is 20.6. The van der Waals surface area contributed by atoms with Crippen molar-refractivity contribution in [2.75, 3.05) is 19.0 Å². The summed E-state index contributed by atoms with van der Waals surface area (Å²) >= 11 is 1.30. The largest absolute Gasteiger partial charge is 0.480 e. The number of carbonyl (C=O) groups excluding carboxylic acids is 1. The second-order valence-corrected chi connectivity index (χ2v) is 10.0. The molecule has 0 fully saturated rings. The summed E-state index contributed by atoms with van der Waals surface area (Å²) in [6.07, 6.45) is 16.0. The Labute approximate surface area is 195 Å². The normalized spacial score (nSPS) is 13.3. The number of hydrogen-bond acceptors (Lipinski definition) is 4. The summed E-state index contributed by atoms with van der Waals surface area (Å²) in [7, 11) is 0. The van der Waals surface area contributed by atoms with Crippen LogP contribution >= 0.6 is 11.8 Å². The molecule has 0 saturated heterocycles. The molecule has 2 atom stereocenters. The second-order valence-electron chi connectivity index (χ2n) is 8.70. The Morgan fingerprint density at radius 1 is 0.903 bits per heavy atom. The number of carbonyl (C=O) groups is 2. The summed E-state index contributed by atoms with van der Waals surface area (Å²) in [6, 6.07) is -0.0109. The number of carboxylic acids is 1. The minimum Gasteiger partial charge on any atom is -0.480 e. The van der Waals surface area contributed by atoms with Gasteiger partial charge in [-0.2, -0.15) is 0 Å². The molecule has 2 radical (unpaired) electrons. The van der Waals surface area contributed by atoms with Crippen molar-refractivity contribution in [3.05, 3.63) is 6.92 Å². The van der Waals surface area contributed by atoms with Crippen molar-refractivity contribution in [2.24, 2.45) is 5.92 Å². The van der Waals surface area contributed by atoms with E-state index in [2.05, 4.69) is 12.2 Å². The second kappa shape index (κ2) is 21.1. The smallest absolute Gasteiger partial charge is 0.316 e. The van der Waals surface area contributed by atoms with E-state index >= 15 is 0 Å². The molecule has 1 amide bonds. The highest BCUT2D eigenvalue weighted by Crippen LogP contribution is 2.20. The fourth-order valence-corrected chi connectivity index (χ4v) is 4.35. The number of rotatable bonds is 22. The van der Waals surface area contributed by atoms with E-state index in [0.717, 1.165) is 13.0 Å². The highest BCUT2D eigenvalue weighted by atomic mass is 32.2. The SMILES string of the molecule is [CH]C(CC(SCCOCCCCCCCCCCCCCC)C(=O)O)C(=O)NC(C)C. The van der Waals surface area contributed by atoms with E-state index in [-0.39, 0.29) is 18.4 Å². The van der Waals surface area contributed by atoms with Crippen molar-refractivity contribution in [1.29, 1.82) is 0 Å². The van der Waals surface area contributed by atoms with Crippen molar-refractivity contribution in [1.82, 2.24) is 5.32 Å². The first-order chi connectivity index (χ1) is 14.9. The molecule has 0 aromatic heterocycles. The molecule has 6 heteroatoms. The fourth-order valence-electron chi connectivity index (χ4n) is 3.37. The first-order valence-electron chi connectivity index (χ1n) is 12.4. The van der Waals surface area contributed by atoms with Crippen LogP contribution in [-0.4, -0.2) is 47.2 Å². The zero-order chi connectivity index (χ0) is 23.3. The number of carboxylic acid groups (broad SMARTS) is 1. The van der Waals surface area contributed by atoms with Crippen LogP contribution in [0.2, 0.25) is 0 Å². The molecule has 0 aliphatic carbocycles. The van der Waals surface area contributed by atoms with Crippen molar-refractivity contribution in [2.45, 2.75) is 116 Å². The van der Waals surface area contributed by atoms with Crippen LogP contribution < -0.4 is 5.32 Å². The number of ether oxygens (including phenoxy) is 1. The highest BCUT2D eigenvalue weighted by Gasteiger charge is 2.24. The van der Waals surface area contributed by atoms with E-state index in [1.807, 2.05) is 13.8 Å². The first-order valence-corrected chi connectivity index (χ1v) is 13.4. The standard InChI is InChI=1S/C25H47NO4S/c1-5-6-7-8-9-10-11-12-13-14-15-16-17-30-18-19-31-23(25(28)29)20-22(4)24(27)26-21(2)3/h4,21-23H,5-20H2,1-3H3,(H,26,27)(H,28,29). The van der Waals surface area contributed by atoms with Crippen LogP contribution in [-0.2, 0) is 14.3 Å². The molecule has 0 aliphatic rings. The lowest BCUT2D eigenvalue weighted by Gasteiger charge is -2.18. The summed E-state index contributed by atoms with van der Waals surface area (Å²) in [5.41, 5.74) is 0. The Hall–Kier alpha value is -0.750. The minimum atomic E-state index is -0.932. The summed E-state index contributed by atoms with van der Waals surface area (Å²) in [6.45, 7) is 13.1. The van der Waals surface area contributed by atoms with E-state index < -0.39 is 17.1 Å². The molecule has 5 nitrogen and oxygen atoms in total. The van der Waals surface area contributed by atoms with Crippen LogP contribution in [0.4, 0.5) is 0 Å². The molecular weight excluding hydrogens is 410 g/mol. The monoisotopic (exact) mass is 457 g/mol. The molecule has 2 unspecified atom stereocenters. The molecule has 31 heavy (non-hydrogen) atoms. The number of thioether (sulfide) groups is 1. The Bertz CT molecular complexity index is 445. The lowest BCUT2D eigenvalue weighted by molar-refractivity contribution is -0.136. The molecule has 182 valence electrons. The van der Waals surface area contributed by atoms with Crippen molar-refractivity contribution in [3.63, 3.8) is 0 Å². The molecule has 0 aromatic rings. The zero-order valence-electron chi connectivity index (χ0n) is 20.2. The summed E-state index contributed by atoms with van der Waals surface area (Å²) in [5, 5.41) is 11.4. The van der Waals surface area contributed by atoms with Crippen LogP contribution in [0.25, 0.3) is 0 Å². The maximum Gasteiger partial charge on any atom is 0.316 e. The minimum absolute atomic E-state index is 0.0109. The van der Waals surface area contributed by atoms with Gasteiger partial charge >= 0.3 is 5.97 Å². The predicted octanol–water partition coefficient (Wildman–Crippen LogP) is 6.13. The Morgan fingerprint density at radius 3 is 1.90 bits per heavy atom. The van der Waals surface area contributed by atoms with Crippen LogP contribution in [0.1, 0.15) is 104 Å². The number of nitrogens with one attached hydrogen (secondary N) is 1. The summed E-state index contributed by atoms with van der Waals surface area (Å²) in [4.78, 5) is 23.3. The van der Waals surface area contributed by atoms with E-state index in [9.17, 15) is 14.7 Å². The highest BCUT2D eigenvalue weighted by molar-refractivity contribution is 8.00. The molecular formula is C25H47NO4S. The van der Waals surface area contributed by atoms with Crippen molar-refractivity contribution >= 4 is 23.6 Å². The molecule has 0 bridgehead atoms. The number of amides is 1. The van der Waals surface area contributed by atoms with Gasteiger partial charge in [-0.05, 0) is 33.6 Å². The number of unbranched alkanes of at least 4 members (excludes halogenated alkanes) is 11. The van der Waals surface area contributed by atoms with Gasteiger partial charge in [0.15, 0.2) is 0 Å². The summed E-state index contributed by atoms with van der Waals surface area (Å²) < 4.78 is 5.64. The van der Waals surface area contributed by atoms with Gasteiger partial charge in [-0.25, -0.2) is 0 Å². The van der Waals surface area contributed by atoms with Crippen LogP contribution in [0.3, 0.4) is 0 Å². The third-order valence-electron chi connectivity index (χ3n) is 5.20. The Balaban J connectivity index is 3.58. The van der Waals surface area contributed by atoms with E-state index in [1.54, 1.807) is 0 Å². The predicted molar refractivity (Wildman–Crippen MR) is 131 cm³/mol. The average Bonchev–Trinajstić information content (AvgIpc) is 2.71. The molecule has 0 aliphatic heterocycles. The number of aliphatic carboxylic acids is 1. The van der Waals surface area contributed by atoms with E-state index in [0.29, 0.717) is 12.4 Å². The maximum atomic E-state index is 11.9. The van der Waals surface area contributed by atoms with Crippen molar-refractivity contribution < 1.29 is 19.4 Å². The van der Waals surface area contributed by atoms with Gasteiger partial charge in [-0.15, -0.1) is 11.8 Å². The van der Waals surface area contributed by atoms with Gasteiger partial charge in [0.05, 0.1) is 6.61 Å². The molecule has 0 aromatic carbocycles. The van der Waals surface area contributed by atoms with Gasteiger partial charge in [0.2, 0.25) is 5.91 Å². The fraction of sp³-hybridized carbons (Fsp3) is 0.880. The van der Waals surface area contributed by atoms with Gasteiger partial charge in [-0.1, -0.05) is 77.6 Å². The quantitative estimate of drug-likeness (QED) is 0.191. The van der Waals surface area contributed by atoms with E-state index in [1.165, 1.54) is 82.4 Å². The van der Waals surface area contributed by atoms with Gasteiger partial charge in [0.25, 0.3) is 0 Å².